The summed E-state index contributed by atoms with van der Waals surface area (Å²) in [4.78, 5) is 11.9. The van der Waals surface area contributed by atoms with Crippen LogP contribution in [0.5, 0.6) is 5.75 Å². The molecule has 0 aliphatic heterocycles. The molecule has 0 amide bonds. The van der Waals surface area contributed by atoms with Crippen molar-refractivity contribution in [3.05, 3.63) is 29.8 Å². The van der Waals surface area contributed by atoms with Crippen molar-refractivity contribution >= 4 is 21.7 Å². The molecule has 0 spiro atoms. The van der Waals surface area contributed by atoms with Crippen LogP contribution in [0.1, 0.15) is 36.5 Å². The van der Waals surface area contributed by atoms with E-state index in [-0.39, 0.29) is 10.6 Å². The van der Waals surface area contributed by atoms with Gasteiger partial charge in [-0.2, -0.15) is 0 Å². The van der Waals surface area contributed by atoms with Crippen LogP contribution in [0.4, 0.5) is 0 Å². The lowest BCUT2D eigenvalue weighted by Crippen LogP contribution is -2.13. The molecule has 0 fully saturated rings. The number of ether oxygens (including phenoxy) is 1. The van der Waals surface area contributed by atoms with Crippen LogP contribution in [0.15, 0.2) is 24.3 Å². The number of unbranched alkanes of at least 4 members (excludes halogenated alkanes) is 1. The highest BCUT2D eigenvalue weighted by molar-refractivity contribution is 9.10. The molecule has 0 heterocycles. The third-order valence-electron chi connectivity index (χ3n) is 2.47. The van der Waals surface area contributed by atoms with E-state index in [0.717, 1.165) is 30.6 Å². The average molecular weight is 285 g/mol. The fourth-order valence-corrected chi connectivity index (χ4v) is 2.04. The Kier molecular flexibility index (Phi) is 5.53. The smallest absolute Gasteiger partial charge is 0.176 e. The Morgan fingerprint density at radius 3 is 2.50 bits per heavy atom. The number of hydrogen-bond acceptors (Lipinski definition) is 2. The second-order valence-corrected chi connectivity index (χ2v) is 4.81. The van der Waals surface area contributed by atoms with Gasteiger partial charge in [-0.25, -0.2) is 0 Å². The van der Waals surface area contributed by atoms with Crippen molar-refractivity contribution in [1.29, 1.82) is 0 Å². The number of rotatable bonds is 6. The predicted octanol–water partition coefficient (Wildman–Crippen LogP) is 3.83. The fourth-order valence-electron chi connectivity index (χ4n) is 1.45. The van der Waals surface area contributed by atoms with Crippen molar-refractivity contribution in [3.8, 4) is 5.75 Å². The number of methoxy groups -OCH3 is 1. The Hall–Kier alpha value is -0.830. The second-order valence-electron chi connectivity index (χ2n) is 3.70. The van der Waals surface area contributed by atoms with Crippen LogP contribution in [0, 0.1) is 0 Å². The number of halogens is 1. The van der Waals surface area contributed by atoms with Crippen LogP contribution < -0.4 is 4.74 Å². The van der Waals surface area contributed by atoms with Crippen molar-refractivity contribution in [2.45, 2.75) is 31.0 Å². The second kappa shape index (κ2) is 6.69. The summed E-state index contributed by atoms with van der Waals surface area (Å²) in [7, 11) is 1.62. The van der Waals surface area contributed by atoms with Crippen LogP contribution in [-0.4, -0.2) is 17.7 Å². The van der Waals surface area contributed by atoms with Crippen molar-refractivity contribution < 1.29 is 9.53 Å². The molecule has 0 aromatic heterocycles. The summed E-state index contributed by atoms with van der Waals surface area (Å²) < 4.78 is 5.05. The third-order valence-corrected chi connectivity index (χ3v) is 3.34. The van der Waals surface area contributed by atoms with Gasteiger partial charge in [0.05, 0.1) is 11.9 Å². The minimum Gasteiger partial charge on any atom is -0.497 e. The zero-order valence-corrected chi connectivity index (χ0v) is 11.3. The van der Waals surface area contributed by atoms with E-state index in [0.29, 0.717) is 0 Å². The van der Waals surface area contributed by atoms with Gasteiger partial charge in [-0.15, -0.1) is 0 Å². The molecule has 0 aliphatic carbocycles. The van der Waals surface area contributed by atoms with E-state index in [1.54, 1.807) is 19.2 Å². The van der Waals surface area contributed by atoms with E-state index >= 15 is 0 Å². The number of hydrogen-bond donors (Lipinski definition) is 0. The molecule has 1 aromatic rings. The normalized spacial score (nSPS) is 12.2. The van der Waals surface area contributed by atoms with E-state index in [1.165, 1.54) is 0 Å². The topological polar surface area (TPSA) is 26.3 Å². The molecule has 1 rings (SSSR count). The molecule has 1 atom stereocenters. The minimum atomic E-state index is -0.0687. The Labute approximate surface area is 105 Å². The van der Waals surface area contributed by atoms with E-state index in [2.05, 4.69) is 22.9 Å². The largest absolute Gasteiger partial charge is 0.497 e. The van der Waals surface area contributed by atoms with E-state index in [1.807, 2.05) is 12.1 Å². The van der Waals surface area contributed by atoms with Gasteiger partial charge in [-0.3, -0.25) is 4.79 Å². The quantitative estimate of drug-likeness (QED) is 0.586. The van der Waals surface area contributed by atoms with Gasteiger partial charge in [0.1, 0.15) is 5.75 Å². The molecule has 0 radical (unpaired) electrons. The van der Waals surface area contributed by atoms with Gasteiger partial charge in [0, 0.05) is 5.56 Å². The molecule has 0 aliphatic rings. The third kappa shape index (κ3) is 3.63. The molecule has 3 heteroatoms. The minimum absolute atomic E-state index is 0.0687. The van der Waals surface area contributed by atoms with Gasteiger partial charge in [0.25, 0.3) is 0 Å². The lowest BCUT2D eigenvalue weighted by Gasteiger charge is -2.08. The van der Waals surface area contributed by atoms with E-state index in [4.69, 9.17) is 4.74 Å². The van der Waals surface area contributed by atoms with Crippen LogP contribution >= 0.6 is 15.9 Å². The number of Topliss-reactive ketones (excluding diaryl/α,β-unsaturated/α-hetero) is 1. The van der Waals surface area contributed by atoms with Crippen molar-refractivity contribution in [2.24, 2.45) is 0 Å². The van der Waals surface area contributed by atoms with Crippen LogP contribution in [0.2, 0.25) is 0 Å². The van der Waals surface area contributed by atoms with Gasteiger partial charge in [-0.05, 0) is 30.7 Å². The molecule has 0 N–H and O–H groups in total. The molecule has 2 nitrogen and oxygen atoms in total. The summed E-state index contributed by atoms with van der Waals surface area (Å²) in [5.74, 6) is 0.923. The maximum Gasteiger partial charge on any atom is 0.176 e. The van der Waals surface area contributed by atoms with Crippen LogP contribution in [-0.2, 0) is 0 Å². The molecular formula is C13H17BrO2. The lowest BCUT2D eigenvalue weighted by atomic mass is 10.0. The Morgan fingerprint density at radius 1 is 1.38 bits per heavy atom. The zero-order valence-electron chi connectivity index (χ0n) is 9.70. The zero-order chi connectivity index (χ0) is 12.0. The van der Waals surface area contributed by atoms with Gasteiger partial charge < -0.3 is 4.74 Å². The van der Waals surface area contributed by atoms with E-state index in [9.17, 15) is 4.79 Å². The SMILES string of the molecule is CCCC[C@@H](Br)C(=O)c1ccc(OC)cc1. The first-order valence-electron chi connectivity index (χ1n) is 5.51. The van der Waals surface area contributed by atoms with Crippen molar-refractivity contribution in [3.63, 3.8) is 0 Å². The molecule has 0 saturated heterocycles. The predicted molar refractivity (Wildman–Crippen MR) is 69.6 cm³/mol. The number of alkyl halides is 1. The molecule has 88 valence electrons. The first-order valence-corrected chi connectivity index (χ1v) is 6.43. The fraction of sp³-hybridized carbons (Fsp3) is 0.462. The summed E-state index contributed by atoms with van der Waals surface area (Å²) in [5, 5.41) is 0. The van der Waals surface area contributed by atoms with Gasteiger partial charge in [0.2, 0.25) is 0 Å². The first kappa shape index (κ1) is 13.2. The summed E-state index contributed by atoms with van der Waals surface area (Å²) in [5.41, 5.74) is 0.735. The summed E-state index contributed by atoms with van der Waals surface area (Å²) in [6.07, 6.45) is 3.07. The monoisotopic (exact) mass is 284 g/mol. The van der Waals surface area contributed by atoms with E-state index < -0.39 is 0 Å². The van der Waals surface area contributed by atoms with Crippen LogP contribution in [0.25, 0.3) is 0 Å². The Morgan fingerprint density at radius 2 is 2.00 bits per heavy atom. The summed E-state index contributed by atoms with van der Waals surface area (Å²) in [6, 6.07) is 7.24. The lowest BCUT2D eigenvalue weighted by molar-refractivity contribution is 0.0988. The van der Waals surface area contributed by atoms with Crippen molar-refractivity contribution in [1.82, 2.24) is 0 Å². The van der Waals surface area contributed by atoms with Gasteiger partial charge >= 0.3 is 0 Å². The maximum atomic E-state index is 12.0. The summed E-state index contributed by atoms with van der Waals surface area (Å²) >= 11 is 3.44. The highest BCUT2D eigenvalue weighted by Gasteiger charge is 2.15. The molecule has 16 heavy (non-hydrogen) atoms. The molecule has 0 unspecified atom stereocenters. The molecule has 0 bridgehead atoms. The highest BCUT2D eigenvalue weighted by Crippen LogP contribution is 2.18. The highest BCUT2D eigenvalue weighted by atomic mass is 79.9. The van der Waals surface area contributed by atoms with Crippen LogP contribution in [0.3, 0.4) is 0 Å². The number of ketones is 1. The number of benzene rings is 1. The number of carbonyl (C=O) groups excluding carboxylic acids is 1. The first-order chi connectivity index (χ1) is 7.69. The Bertz CT molecular complexity index is 332. The standard InChI is InChI=1S/C13H17BrO2/c1-3-4-5-12(14)13(15)10-6-8-11(16-2)9-7-10/h6-9,12H,3-5H2,1-2H3/t12-/m1/s1. The molecule has 1 aromatic carbocycles. The average Bonchev–Trinajstić information content (AvgIpc) is 2.35. The van der Waals surface area contributed by atoms with Crippen molar-refractivity contribution in [2.75, 3.05) is 7.11 Å². The molecular weight excluding hydrogens is 268 g/mol. The van der Waals surface area contributed by atoms with Gasteiger partial charge in [0.15, 0.2) is 5.78 Å². The maximum absolute atomic E-state index is 12.0. The number of carbonyl (C=O) groups is 1. The summed E-state index contributed by atoms with van der Waals surface area (Å²) in [6.45, 7) is 2.12. The van der Waals surface area contributed by atoms with Gasteiger partial charge in [-0.1, -0.05) is 35.7 Å². The Balaban J connectivity index is 2.64. The molecule has 0 saturated carbocycles.